The van der Waals surface area contributed by atoms with Crippen molar-refractivity contribution < 1.29 is 0 Å². The predicted octanol–water partition coefficient (Wildman–Crippen LogP) is 0.930. The highest BCUT2D eigenvalue weighted by Gasteiger charge is 2.21. The molecule has 0 aromatic carbocycles. The summed E-state index contributed by atoms with van der Waals surface area (Å²) >= 11 is 0. The van der Waals surface area contributed by atoms with Crippen LogP contribution in [0.4, 0.5) is 0 Å². The summed E-state index contributed by atoms with van der Waals surface area (Å²) in [5.74, 6) is 0. The van der Waals surface area contributed by atoms with E-state index in [1.54, 1.807) is 0 Å². The summed E-state index contributed by atoms with van der Waals surface area (Å²) in [7, 11) is 0. The average molecular weight is 279 g/mol. The molecule has 1 atom stereocenters. The summed E-state index contributed by atoms with van der Waals surface area (Å²) in [4.78, 5) is 5.02. The van der Waals surface area contributed by atoms with E-state index < -0.39 is 0 Å². The molecule has 0 spiro atoms. The third-order valence-corrected chi connectivity index (χ3v) is 4.33. The maximum absolute atomic E-state index is 5.75. The highest BCUT2D eigenvalue weighted by Crippen LogP contribution is 2.12. The second-order valence-corrected chi connectivity index (χ2v) is 5.69. The monoisotopic (exact) mass is 279 g/mol. The molecule has 1 fully saturated rings. The second kappa shape index (κ2) is 7.20. The van der Waals surface area contributed by atoms with E-state index in [0.717, 1.165) is 52.2 Å². The van der Waals surface area contributed by atoms with Crippen LogP contribution in [0, 0.1) is 0 Å². The van der Waals surface area contributed by atoms with Crippen LogP contribution in [0.15, 0.2) is 6.07 Å². The van der Waals surface area contributed by atoms with Crippen LogP contribution >= 0.6 is 0 Å². The van der Waals surface area contributed by atoms with Crippen LogP contribution in [0.5, 0.6) is 0 Å². The van der Waals surface area contributed by atoms with Gasteiger partial charge >= 0.3 is 0 Å². The van der Waals surface area contributed by atoms with Gasteiger partial charge in [-0.15, -0.1) is 0 Å². The highest BCUT2D eigenvalue weighted by atomic mass is 15.3. The van der Waals surface area contributed by atoms with E-state index in [-0.39, 0.29) is 0 Å². The zero-order chi connectivity index (χ0) is 14.5. The Hall–Kier alpha value is -0.910. The lowest BCUT2D eigenvalue weighted by atomic mass is 10.2. The van der Waals surface area contributed by atoms with E-state index in [1.807, 2.05) is 0 Å². The zero-order valence-electron chi connectivity index (χ0n) is 13.2. The quantitative estimate of drug-likeness (QED) is 0.842. The van der Waals surface area contributed by atoms with E-state index in [4.69, 9.17) is 5.73 Å². The summed E-state index contributed by atoms with van der Waals surface area (Å²) < 4.78 is 2.15. The molecule has 1 unspecified atom stereocenters. The first-order valence-corrected chi connectivity index (χ1v) is 7.90. The van der Waals surface area contributed by atoms with Gasteiger partial charge in [-0.1, -0.05) is 6.92 Å². The minimum atomic E-state index is 0.505. The van der Waals surface area contributed by atoms with Crippen molar-refractivity contribution in [2.75, 3.05) is 32.7 Å². The molecule has 0 aliphatic carbocycles. The Morgan fingerprint density at radius 3 is 2.50 bits per heavy atom. The van der Waals surface area contributed by atoms with Crippen LogP contribution in [0.2, 0.25) is 0 Å². The molecule has 1 saturated heterocycles. The van der Waals surface area contributed by atoms with Gasteiger partial charge in [0.25, 0.3) is 0 Å². The first-order chi connectivity index (χ1) is 9.67. The fourth-order valence-corrected chi connectivity index (χ4v) is 2.83. The third kappa shape index (κ3) is 3.59. The van der Waals surface area contributed by atoms with Crippen molar-refractivity contribution >= 4 is 0 Å². The summed E-state index contributed by atoms with van der Waals surface area (Å²) in [6, 6.07) is 2.77. The summed E-state index contributed by atoms with van der Waals surface area (Å²) in [5, 5.41) is 4.63. The van der Waals surface area contributed by atoms with Gasteiger partial charge in [-0.2, -0.15) is 5.10 Å². The molecule has 20 heavy (non-hydrogen) atoms. The Morgan fingerprint density at radius 2 is 1.95 bits per heavy atom. The van der Waals surface area contributed by atoms with Crippen molar-refractivity contribution in [3.05, 3.63) is 17.5 Å². The molecule has 1 aromatic heterocycles. The molecule has 0 amide bonds. The van der Waals surface area contributed by atoms with Gasteiger partial charge in [-0.25, -0.2) is 0 Å². The fraction of sp³-hybridized carbons (Fsp3) is 0.800. The first kappa shape index (κ1) is 15.5. The predicted molar refractivity (Wildman–Crippen MR) is 82.6 cm³/mol. The van der Waals surface area contributed by atoms with Gasteiger partial charge in [0.15, 0.2) is 0 Å². The van der Waals surface area contributed by atoms with Crippen molar-refractivity contribution in [3.8, 4) is 0 Å². The van der Waals surface area contributed by atoms with Gasteiger partial charge in [-0.3, -0.25) is 14.5 Å². The molecule has 1 aromatic rings. The molecule has 0 saturated carbocycles. The molecule has 2 heterocycles. The lowest BCUT2D eigenvalue weighted by Crippen LogP contribution is -2.51. The summed E-state index contributed by atoms with van der Waals surface area (Å²) in [6.07, 6.45) is 1.02. The van der Waals surface area contributed by atoms with Crippen molar-refractivity contribution in [3.63, 3.8) is 0 Å². The van der Waals surface area contributed by atoms with Gasteiger partial charge in [0, 0.05) is 51.9 Å². The molecular formula is C15H29N5. The minimum Gasteiger partial charge on any atom is -0.329 e. The normalized spacial score (nSPS) is 19.4. The number of nitrogens with zero attached hydrogens (tertiary/aromatic N) is 4. The van der Waals surface area contributed by atoms with E-state index in [0.29, 0.717) is 6.04 Å². The Kier molecular flexibility index (Phi) is 5.57. The number of piperazine rings is 1. The van der Waals surface area contributed by atoms with Crippen LogP contribution in [0.25, 0.3) is 0 Å². The topological polar surface area (TPSA) is 50.3 Å². The number of hydrogen-bond donors (Lipinski definition) is 1. The van der Waals surface area contributed by atoms with Gasteiger partial charge in [0.05, 0.1) is 11.4 Å². The van der Waals surface area contributed by atoms with Gasteiger partial charge in [0.2, 0.25) is 0 Å². The van der Waals surface area contributed by atoms with Gasteiger partial charge < -0.3 is 5.73 Å². The third-order valence-electron chi connectivity index (χ3n) is 4.33. The minimum absolute atomic E-state index is 0.505. The molecule has 5 nitrogen and oxygen atoms in total. The highest BCUT2D eigenvalue weighted by molar-refractivity contribution is 5.10. The number of rotatable bonds is 6. The molecule has 5 heteroatoms. The fourth-order valence-electron chi connectivity index (χ4n) is 2.83. The Bertz CT molecular complexity index is 406. The van der Waals surface area contributed by atoms with Crippen LogP contribution < -0.4 is 5.73 Å². The average Bonchev–Trinajstić information content (AvgIpc) is 2.89. The number of aromatic nitrogens is 2. The molecule has 0 bridgehead atoms. The van der Waals surface area contributed by atoms with Crippen LogP contribution in [-0.4, -0.2) is 58.3 Å². The number of hydrogen-bond acceptors (Lipinski definition) is 4. The van der Waals surface area contributed by atoms with Crippen LogP contribution in [-0.2, 0) is 19.5 Å². The van der Waals surface area contributed by atoms with Crippen LogP contribution in [0.3, 0.4) is 0 Å². The Balaban J connectivity index is 1.90. The van der Waals surface area contributed by atoms with Gasteiger partial charge in [-0.05, 0) is 26.3 Å². The smallest absolute Gasteiger partial charge is 0.0625 e. The zero-order valence-corrected chi connectivity index (χ0v) is 13.2. The number of nitrogens with two attached hydrogens (primary N) is 1. The molecule has 114 valence electrons. The number of aryl methyl sites for hydroxylation is 2. The van der Waals surface area contributed by atoms with E-state index in [9.17, 15) is 0 Å². The van der Waals surface area contributed by atoms with Crippen molar-refractivity contribution in [1.29, 1.82) is 0 Å². The summed E-state index contributed by atoms with van der Waals surface area (Å²) in [6.45, 7) is 13.8. The lowest BCUT2D eigenvalue weighted by molar-refractivity contribution is 0.0987. The second-order valence-electron chi connectivity index (χ2n) is 5.69. The molecule has 2 N–H and O–H groups in total. The van der Waals surface area contributed by atoms with Gasteiger partial charge in [0.1, 0.15) is 0 Å². The first-order valence-electron chi connectivity index (χ1n) is 7.90. The molecule has 1 aliphatic heterocycles. The molecule has 1 aliphatic rings. The summed E-state index contributed by atoms with van der Waals surface area (Å²) in [5.41, 5.74) is 8.31. The Labute approximate surface area is 122 Å². The molecule has 0 radical (unpaired) electrons. The maximum Gasteiger partial charge on any atom is 0.0625 e. The maximum atomic E-state index is 5.75. The Morgan fingerprint density at radius 1 is 1.25 bits per heavy atom. The van der Waals surface area contributed by atoms with E-state index in [1.165, 1.54) is 11.4 Å². The largest absolute Gasteiger partial charge is 0.329 e. The SMILES string of the molecule is CCc1cc(CN2CCN(C(C)CN)CC2)n(CC)n1. The van der Waals surface area contributed by atoms with Crippen molar-refractivity contribution in [2.45, 2.75) is 46.3 Å². The molecule has 2 rings (SSSR count). The molecular weight excluding hydrogens is 250 g/mol. The standard InChI is InChI=1S/C15H29N5/c1-4-14-10-15(20(5-2)17-14)12-18-6-8-19(9-7-18)13(3)11-16/h10,13H,4-9,11-12,16H2,1-3H3. The lowest BCUT2D eigenvalue weighted by Gasteiger charge is -2.37. The van der Waals surface area contributed by atoms with E-state index >= 15 is 0 Å². The van der Waals surface area contributed by atoms with Crippen LogP contribution in [0.1, 0.15) is 32.2 Å². The van der Waals surface area contributed by atoms with E-state index in [2.05, 4.69) is 46.4 Å². The van der Waals surface area contributed by atoms with Crippen molar-refractivity contribution in [1.82, 2.24) is 19.6 Å². The van der Waals surface area contributed by atoms with Crippen molar-refractivity contribution in [2.24, 2.45) is 5.73 Å².